The van der Waals surface area contributed by atoms with E-state index in [0.29, 0.717) is 26.8 Å². The molecule has 2 amide bonds. The molecule has 1 heterocycles. The van der Waals surface area contributed by atoms with Crippen LogP contribution in [-0.2, 0) is 4.79 Å². The summed E-state index contributed by atoms with van der Waals surface area (Å²) in [6.07, 6.45) is 0. The smallest absolute Gasteiger partial charge is 0.327 e. The van der Waals surface area contributed by atoms with Crippen molar-refractivity contribution in [2.45, 2.75) is 6.04 Å². The largest absolute Gasteiger partial charge is 0.480 e. The van der Waals surface area contributed by atoms with Gasteiger partial charge in [-0.15, -0.1) is 11.8 Å². The van der Waals surface area contributed by atoms with Gasteiger partial charge in [0.2, 0.25) is 0 Å². The predicted octanol–water partition coefficient (Wildman–Crippen LogP) is 3.09. The molecule has 0 radical (unpaired) electrons. The van der Waals surface area contributed by atoms with Gasteiger partial charge in [0.1, 0.15) is 6.04 Å². The van der Waals surface area contributed by atoms with E-state index < -0.39 is 18.0 Å². The molecule has 1 aromatic rings. The number of nitrogens with one attached hydrogen (secondary N) is 1. The molecule has 19 heavy (non-hydrogen) atoms. The highest BCUT2D eigenvalue weighted by molar-refractivity contribution is 9.10. The zero-order valence-corrected chi connectivity index (χ0v) is 12.8. The van der Waals surface area contributed by atoms with Gasteiger partial charge in [0.15, 0.2) is 0 Å². The van der Waals surface area contributed by atoms with Crippen molar-refractivity contribution in [3.05, 3.63) is 27.7 Å². The van der Waals surface area contributed by atoms with E-state index in [1.54, 1.807) is 18.2 Å². The van der Waals surface area contributed by atoms with Crippen LogP contribution in [0.4, 0.5) is 10.5 Å². The Morgan fingerprint density at radius 2 is 2.26 bits per heavy atom. The van der Waals surface area contributed by atoms with Crippen LogP contribution < -0.4 is 5.32 Å². The van der Waals surface area contributed by atoms with Gasteiger partial charge in [-0.2, -0.15) is 0 Å². The molecule has 5 nitrogen and oxygen atoms in total. The summed E-state index contributed by atoms with van der Waals surface area (Å²) in [7, 11) is 0. The molecule has 2 N–H and O–H groups in total. The van der Waals surface area contributed by atoms with Gasteiger partial charge in [-0.25, -0.2) is 9.59 Å². The van der Waals surface area contributed by atoms with Crippen LogP contribution in [0, 0.1) is 0 Å². The molecule has 8 heteroatoms. The first-order valence-electron chi connectivity index (χ1n) is 5.32. The molecule has 0 spiro atoms. The number of thioether (sulfide) groups is 1. The first-order valence-corrected chi connectivity index (χ1v) is 7.65. The third-order valence-electron chi connectivity index (χ3n) is 2.60. The van der Waals surface area contributed by atoms with Crippen LogP contribution in [0.3, 0.4) is 0 Å². The fourth-order valence-corrected chi connectivity index (χ4v) is 3.29. The molecule has 102 valence electrons. The Bertz CT molecular complexity index is 529. The van der Waals surface area contributed by atoms with Crippen molar-refractivity contribution in [3.63, 3.8) is 0 Å². The van der Waals surface area contributed by atoms with E-state index in [9.17, 15) is 9.59 Å². The Kier molecular flexibility index (Phi) is 4.59. The number of carboxylic acids is 1. The third-order valence-corrected chi connectivity index (χ3v) is 4.54. The van der Waals surface area contributed by atoms with Crippen LogP contribution in [0.15, 0.2) is 22.7 Å². The topological polar surface area (TPSA) is 69.6 Å². The fraction of sp³-hybridized carbons (Fsp3) is 0.273. The molecule has 0 saturated carbocycles. The van der Waals surface area contributed by atoms with Crippen molar-refractivity contribution < 1.29 is 14.7 Å². The van der Waals surface area contributed by atoms with Crippen molar-refractivity contribution in [3.8, 4) is 0 Å². The van der Waals surface area contributed by atoms with E-state index in [2.05, 4.69) is 21.2 Å². The van der Waals surface area contributed by atoms with E-state index >= 15 is 0 Å². The number of hydrogen-bond acceptors (Lipinski definition) is 3. The zero-order chi connectivity index (χ0) is 14.0. The van der Waals surface area contributed by atoms with Gasteiger partial charge in [-0.05, 0) is 34.1 Å². The van der Waals surface area contributed by atoms with Crippen LogP contribution in [0.25, 0.3) is 0 Å². The lowest BCUT2D eigenvalue weighted by atomic mass is 10.3. The maximum Gasteiger partial charge on any atom is 0.327 e. The average molecular weight is 366 g/mol. The van der Waals surface area contributed by atoms with E-state index in [4.69, 9.17) is 16.7 Å². The Hall–Kier alpha value is -0.920. The summed E-state index contributed by atoms with van der Waals surface area (Å²) in [6, 6.07) is 3.77. The third kappa shape index (κ3) is 3.34. The molecular weight excluding hydrogens is 356 g/mol. The van der Waals surface area contributed by atoms with Gasteiger partial charge in [-0.3, -0.25) is 0 Å². The minimum atomic E-state index is -0.995. The van der Waals surface area contributed by atoms with Gasteiger partial charge in [0.05, 0.1) is 11.6 Å². The van der Waals surface area contributed by atoms with Crippen molar-refractivity contribution in [1.82, 2.24) is 4.90 Å². The molecule has 2 rings (SSSR count). The highest BCUT2D eigenvalue weighted by atomic mass is 79.9. The predicted molar refractivity (Wildman–Crippen MR) is 78.8 cm³/mol. The van der Waals surface area contributed by atoms with Crippen molar-refractivity contribution in [2.75, 3.05) is 16.9 Å². The summed E-state index contributed by atoms with van der Waals surface area (Å²) in [5.74, 6) is -0.231. The summed E-state index contributed by atoms with van der Waals surface area (Å²) < 4.78 is 0.684. The number of urea groups is 1. The molecule has 1 fully saturated rings. The SMILES string of the molecule is O=C(O)[C@@H]1CSCN1C(=O)Nc1cc(Cl)ccc1Br. The number of rotatable bonds is 2. The van der Waals surface area contributed by atoms with Gasteiger partial charge in [0, 0.05) is 15.2 Å². The number of halogens is 2. The van der Waals surface area contributed by atoms with Crippen LogP contribution in [0.2, 0.25) is 5.02 Å². The summed E-state index contributed by atoms with van der Waals surface area (Å²) in [6.45, 7) is 0. The van der Waals surface area contributed by atoms with Gasteiger partial charge in [-0.1, -0.05) is 11.6 Å². The minimum Gasteiger partial charge on any atom is -0.480 e. The number of amides is 2. The first kappa shape index (κ1) is 14.5. The molecule has 1 aliphatic heterocycles. The summed E-state index contributed by atoms with van der Waals surface area (Å²) in [4.78, 5) is 24.4. The lowest BCUT2D eigenvalue weighted by molar-refractivity contribution is -0.140. The second kappa shape index (κ2) is 6.02. The highest BCUT2D eigenvalue weighted by Gasteiger charge is 2.34. The molecule has 0 aliphatic carbocycles. The van der Waals surface area contributed by atoms with Crippen LogP contribution in [-0.4, -0.2) is 39.7 Å². The maximum atomic E-state index is 12.1. The standard InChI is InChI=1S/C11H10BrClN2O3S/c12-7-2-1-6(13)3-8(7)14-11(18)15-5-19-4-9(15)10(16)17/h1-3,9H,4-5H2,(H,14,18)(H,16,17)/t9-/m0/s1. The van der Waals surface area contributed by atoms with Crippen LogP contribution in [0.1, 0.15) is 0 Å². The van der Waals surface area contributed by atoms with Crippen molar-refractivity contribution >= 4 is 57.0 Å². The van der Waals surface area contributed by atoms with E-state index in [-0.39, 0.29) is 0 Å². The van der Waals surface area contributed by atoms with E-state index in [0.717, 1.165) is 0 Å². The van der Waals surface area contributed by atoms with Gasteiger partial charge in [0.25, 0.3) is 0 Å². The Balaban J connectivity index is 2.12. The lowest BCUT2D eigenvalue weighted by Crippen LogP contribution is -2.44. The Morgan fingerprint density at radius 1 is 1.53 bits per heavy atom. The van der Waals surface area contributed by atoms with E-state index in [1.807, 2.05) is 0 Å². The number of anilines is 1. The number of carbonyl (C=O) groups excluding carboxylic acids is 1. The molecular formula is C11H10BrClN2O3S. The quantitative estimate of drug-likeness (QED) is 0.845. The van der Waals surface area contributed by atoms with Crippen LogP contribution >= 0.6 is 39.3 Å². The normalized spacial score (nSPS) is 18.4. The van der Waals surface area contributed by atoms with Crippen molar-refractivity contribution in [2.24, 2.45) is 0 Å². The molecule has 1 atom stereocenters. The van der Waals surface area contributed by atoms with Crippen LogP contribution in [0.5, 0.6) is 0 Å². The van der Waals surface area contributed by atoms with E-state index in [1.165, 1.54) is 16.7 Å². The highest BCUT2D eigenvalue weighted by Crippen LogP contribution is 2.28. The second-order valence-corrected chi connectivity index (χ2v) is 6.17. The molecule has 1 aliphatic rings. The van der Waals surface area contributed by atoms with Gasteiger partial charge < -0.3 is 15.3 Å². The minimum absolute atomic E-state index is 0.362. The summed E-state index contributed by atoms with van der Waals surface area (Å²) in [5, 5.41) is 12.2. The molecule has 0 unspecified atom stereocenters. The lowest BCUT2D eigenvalue weighted by Gasteiger charge is -2.21. The first-order chi connectivity index (χ1) is 8.99. The summed E-state index contributed by atoms with van der Waals surface area (Å²) >= 11 is 10.6. The molecule has 0 aromatic heterocycles. The molecule has 0 bridgehead atoms. The maximum absolute atomic E-state index is 12.1. The number of aliphatic carboxylic acids is 1. The number of carboxylic acid groups (broad SMARTS) is 1. The second-order valence-electron chi connectivity index (χ2n) is 3.88. The monoisotopic (exact) mass is 364 g/mol. The Labute approximate surface area is 127 Å². The fourth-order valence-electron chi connectivity index (χ4n) is 1.63. The summed E-state index contributed by atoms with van der Waals surface area (Å²) in [5.41, 5.74) is 0.513. The zero-order valence-electron chi connectivity index (χ0n) is 9.60. The number of benzene rings is 1. The number of nitrogens with zero attached hydrogens (tertiary/aromatic N) is 1. The number of hydrogen-bond donors (Lipinski definition) is 2. The van der Waals surface area contributed by atoms with Gasteiger partial charge >= 0.3 is 12.0 Å². The van der Waals surface area contributed by atoms with Crippen molar-refractivity contribution in [1.29, 1.82) is 0 Å². The Morgan fingerprint density at radius 3 is 2.95 bits per heavy atom. The molecule has 1 saturated heterocycles. The number of carbonyl (C=O) groups is 2. The average Bonchev–Trinajstić information content (AvgIpc) is 2.83. The molecule has 1 aromatic carbocycles.